The number of aromatic nitrogens is 3. The summed E-state index contributed by atoms with van der Waals surface area (Å²) in [7, 11) is 0. The molecule has 1 unspecified atom stereocenters. The van der Waals surface area contributed by atoms with Gasteiger partial charge in [0.15, 0.2) is 0 Å². The summed E-state index contributed by atoms with van der Waals surface area (Å²) in [6.45, 7) is 5.62. The highest BCUT2D eigenvalue weighted by Crippen LogP contribution is 2.36. The third-order valence-corrected chi connectivity index (χ3v) is 6.00. The Morgan fingerprint density at radius 2 is 2.04 bits per heavy atom. The second-order valence-corrected chi connectivity index (χ2v) is 7.80. The van der Waals surface area contributed by atoms with Gasteiger partial charge in [-0.3, -0.25) is 9.30 Å². The van der Waals surface area contributed by atoms with Crippen molar-refractivity contribution >= 4 is 5.78 Å². The number of hydrogen-bond acceptors (Lipinski definition) is 4. The number of rotatable bonds is 3. The maximum absolute atomic E-state index is 4.85. The molecule has 5 heteroatoms. The number of nitrogens with zero attached hydrogens (tertiary/aromatic N) is 4. The van der Waals surface area contributed by atoms with E-state index in [-0.39, 0.29) is 0 Å². The summed E-state index contributed by atoms with van der Waals surface area (Å²) in [5.74, 6) is 0.788. The van der Waals surface area contributed by atoms with Gasteiger partial charge in [-0.2, -0.15) is 0 Å². The van der Waals surface area contributed by atoms with Crippen LogP contribution in [-0.4, -0.2) is 45.4 Å². The van der Waals surface area contributed by atoms with Crippen molar-refractivity contribution in [1.82, 2.24) is 24.6 Å². The molecule has 134 valence electrons. The van der Waals surface area contributed by atoms with Crippen LogP contribution in [0.1, 0.15) is 25.0 Å². The number of fused-ring (bicyclic) bond motifs is 1. The van der Waals surface area contributed by atoms with Gasteiger partial charge in [-0.1, -0.05) is 30.3 Å². The predicted molar refractivity (Wildman–Crippen MR) is 103 cm³/mol. The molecular weight excluding hydrogens is 322 g/mol. The first-order valence-electron chi connectivity index (χ1n) is 9.64. The second kappa shape index (κ2) is 6.49. The molecule has 2 fully saturated rings. The molecule has 0 radical (unpaired) electrons. The Morgan fingerprint density at radius 1 is 1.12 bits per heavy atom. The van der Waals surface area contributed by atoms with E-state index in [2.05, 4.69) is 56.1 Å². The number of nitrogens with one attached hydrogen (secondary N) is 1. The Balaban J connectivity index is 1.51. The lowest BCUT2D eigenvalue weighted by Crippen LogP contribution is -2.44. The third-order valence-electron chi connectivity index (χ3n) is 6.00. The SMILES string of the molecule is c1ccc(-c2nc3ncccn3c2CN2CCCC3(CCNC3)C2)cc1. The van der Waals surface area contributed by atoms with E-state index in [1.165, 1.54) is 56.7 Å². The first-order valence-corrected chi connectivity index (χ1v) is 9.64. The maximum Gasteiger partial charge on any atom is 0.234 e. The average Bonchev–Trinajstić information content (AvgIpc) is 3.28. The van der Waals surface area contributed by atoms with Gasteiger partial charge in [0.1, 0.15) is 0 Å². The summed E-state index contributed by atoms with van der Waals surface area (Å²) in [4.78, 5) is 12.0. The monoisotopic (exact) mass is 347 g/mol. The van der Waals surface area contributed by atoms with Crippen molar-refractivity contribution in [2.75, 3.05) is 26.2 Å². The zero-order valence-corrected chi connectivity index (χ0v) is 15.1. The Hall–Kier alpha value is -2.24. The van der Waals surface area contributed by atoms with Crippen LogP contribution in [0, 0.1) is 5.41 Å². The van der Waals surface area contributed by atoms with Gasteiger partial charge in [0.2, 0.25) is 5.78 Å². The molecular formula is C21H25N5. The van der Waals surface area contributed by atoms with Gasteiger partial charge in [-0.25, -0.2) is 9.97 Å². The fourth-order valence-corrected chi connectivity index (χ4v) is 4.71. The summed E-state index contributed by atoms with van der Waals surface area (Å²) in [5, 5.41) is 3.57. The van der Waals surface area contributed by atoms with Crippen molar-refractivity contribution in [3.63, 3.8) is 0 Å². The minimum atomic E-state index is 0.476. The molecule has 2 saturated heterocycles. The Labute approximate surface area is 154 Å². The first-order chi connectivity index (χ1) is 12.8. The van der Waals surface area contributed by atoms with Crippen LogP contribution in [-0.2, 0) is 6.54 Å². The molecule has 1 N–H and O–H groups in total. The molecule has 5 rings (SSSR count). The largest absolute Gasteiger partial charge is 0.316 e. The van der Waals surface area contributed by atoms with Crippen molar-refractivity contribution in [2.24, 2.45) is 5.41 Å². The van der Waals surface area contributed by atoms with Crippen molar-refractivity contribution < 1.29 is 0 Å². The summed E-state index contributed by atoms with van der Waals surface area (Å²) in [5.41, 5.74) is 3.96. The smallest absolute Gasteiger partial charge is 0.234 e. The molecule has 2 aliphatic rings. The highest BCUT2D eigenvalue weighted by molar-refractivity contribution is 5.65. The molecule has 4 heterocycles. The lowest BCUT2D eigenvalue weighted by atomic mass is 9.79. The zero-order chi connectivity index (χ0) is 17.4. The molecule has 2 aliphatic heterocycles. The lowest BCUT2D eigenvalue weighted by Gasteiger charge is -2.40. The van der Waals surface area contributed by atoms with E-state index in [1.807, 2.05) is 12.3 Å². The molecule has 0 amide bonds. The van der Waals surface area contributed by atoms with Crippen LogP contribution in [0.15, 0.2) is 48.8 Å². The minimum absolute atomic E-state index is 0.476. The Kier molecular flexibility index (Phi) is 3.98. The maximum atomic E-state index is 4.85. The summed E-state index contributed by atoms with van der Waals surface area (Å²) < 4.78 is 2.16. The molecule has 2 aromatic heterocycles. The lowest BCUT2D eigenvalue weighted by molar-refractivity contribution is 0.0967. The van der Waals surface area contributed by atoms with E-state index >= 15 is 0 Å². The number of hydrogen-bond donors (Lipinski definition) is 1. The normalized spacial score (nSPS) is 23.8. The van der Waals surface area contributed by atoms with Crippen LogP contribution in [0.5, 0.6) is 0 Å². The Morgan fingerprint density at radius 3 is 2.88 bits per heavy atom. The molecule has 1 atom stereocenters. The fraction of sp³-hybridized carbons (Fsp3) is 0.429. The molecule has 1 aromatic carbocycles. The van der Waals surface area contributed by atoms with Crippen LogP contribution in [0.25, 0.3) is 17.0 Å². The van der Waals surface area contributed by atoms with Crippen LogP contribution in [0.2, 0.25) is 0 Å². The van der Waals surface area contributed by atoms with Gasteiger partial charge in [-0.05, 0) is 43.8 Å². The quantitative estimate of drug-likeness (QED) is 0.791. The van der Waals surface area contributed by atoms with E-state index in [1.54, 1.807) is 0 Å². The van der Waals surface area contributed by atoms with Crippen LogP contribution < -0.4 is 5.32 Å². The van der Waals surface area contributed by atoms with Crippen LogP contribution in [0.4, 0.5) is 0 Å². The van der Waals surface area contributed by atoms with Gasteiger partial charge in [0.05, 0.1) is 11.4 Å². The van der Waals surface area contributed by atoms with Crippen molar-refractivity contribution in [1.29, 1.82) is 0 Å². The number of imidazole rings is 1. The zero-order valence-electron chi connectivity index (χ0n) is 15.1. The molecule has 1 spiro atoms. The van der Waals surface area contributed by atoms with Crippen LogP contribution in [0.3, 0.4) is 0 Å². The number of piperidine rings is 1. The molecule has 26 heavy (non-hydrogen) atoms. The average molecular weight is 347 g/mol. The molecule has 0 aliphatic carbocycles. The minimum Gasteiger partial charge on any atom is -0.316 e. The number of likely N-dealkylation sites (tertiary alicyclic amines) is 1. The van der Waals surface area contributed by atoms with Gasteiger partial charge >= 0.3 is 0 Å². The molecule has 0 saturated carbocycles. The fourth-order valence-electron chi connectivity index (χ4n) is 4.71. The molecule has 3 aromatic rings. The van der Waals surface area contributed by atoms with E-state index in [0.717, 1.165) is 18.0 Å². The highest BCUT2D eigenvalue weighted by Gasteiger charge is 2.38. The Bertz CT molecular complexity index is 895. The van der Waals surface area contributed by atoms with Gasteiger partial charge in [0, 0.05) is 37.6 Å². The molecule has 0 bridgehead atoms. The van der Waals surface area contributed by atoms with Crippen molar-refractivity contribution in [3.05, 3.63) is 54.5 Å². The first kappa shape index (κ1) is 16.0. The van der Waals surface area contributed by atoms with E-state index in [9.17, 15) is 0 Å². The van der Waals surface area contributed by atoms with Crippen molar-refractivity contribution in [2.45, 2.75) is 25.8 Å². The second-order valence-electron chi connectivity index (χ2n) is 7.80. The van der Waals surface area contributed by atoms with E-state index in [0.29, 0.717) is 5.41 Å². The topological polar surface area (TPSA) is 45.5 Å². The predicted octanol–water partition coefficient (Wildman–Crippen LogP) is 2.97. The molecule has 5 nitrogen and oxygen atoms in total. The number of benzene rings is 1. The summed E-state index contributed by atoms with van der Waals surface area (Å²) in [6.07, 6.45) is 7.87. The highest BCUT2D eigenvalue weighted by atomic mass is 15.2. The summed E-state index contributed by atoms with van der Waals surface area (Å²) in [6, 6.07) is 12.5. The van der Waals surface area contributed by atoms with Gasteiger partial charge in [0.25, 0.3) is 0 Å². The van der Waals surface area contributed by atoms with Crippen LogP contribution >= 0.6 is 0 Å². The third kappa shape index (κ3) is 2.81. The van der Waals surface area contributed by atoms with E-state index in [4.69, 9.17) is 4.98 Å². The summed E-state index contributed by atoms with van der Waals surface area (Å²) >= 11 is 0. The standard InChI is InChI=1S/C21H25N5/c1-2-6-17(7-3-1)19-18(26-13-5-10-23-20(26)24-19)14-25-12-4-8-21(16-25)9-11-22-15-21/h1-3,5-7,10,13,22H,4,8-9,11-12,14-16H2. The van der Waals surface area contributed by atoms with Gasteiger partial charge in [-0.15, -0.1) is 0 Å². The van der Waals surface area contributed by atoms with E-state index < -0.39 is 0 Å². The van der Waals surface area contributed by atoms with Crippen molar-refractivity contribution in [3.8, 4) is 11.3 Å². The van der Waals surface area contributed by atoms with Gasteiger partial charge < -0.3 is 5.32 Å².